The first-order chi connectivity index (χ1) is 11.2. The second-order valence-corrected chi connectivity index (χ2v) is 6.90. The van der Waals surface area contributed by atoms with E-state index >= 15 is 0 Å². The van der Waals surface area contributed by atoms with Crippen molar-refractivity contribution in [3.05, 3.63) is 24.8 Å². The molecule has 0 aromatic rings. The average Bonchev–Trinajstić information content (AvgIpc) is 2.85. The van der Waals surface area contributed by atoms with E-state index in [2.05, 4.69) is 13.2 Å². The lowest BCUT2D eigenvalue weighted by atomic mass is 9.64. The van der Waals surface area contributed by atoms with Gasteiger partial charge in [-0.25, -0.2) is 0 Å². The Hall–Kier alpha value is -1.62. The van der Waals surface area contributed by atoms with Crippen molar-refractivity contribution in [3.63, 3.8) is 0 Å². The highest BCUT2D eigenvalue weighted by Gasteiger charge is 2.64. The van der Waals surface area contributed by atoms with Crippen LogP contribution in [0.4, 0.5) is 0 Å². The van der Waals surface area contributed by atoms with Crippen molar-refractivity contribution in [2.75, 3.05) is 14.2 Å². The highest BCUT2D eigenvalue weighted by Crippen LogP contribution is 2.57. The van der Waals surface area contributed by atoms with Gasteiger partial charge in [0.25, 0.3) is 0 Å². The van der Waals surface area contributed by atoms with Crippen LogP contribution in [-0.4, -0.2) is 36.9 Å². The highest BCUT2D eigenvalue weighted by molar-refractivity contribution is 5.80. The first-order valence-corrected chi connectivity index (χ1v) is 8.34. The number of hydrogen-bond donors (Lipinski definition) is 1. The maximum absolute atomic E-state index is 12.6. The van der Waals surface area contributed by atoms with Crippen LogP contribution >= 0.6 is 0 Å². The summed E-state index contributed by atoms with van der Waals surface area (Å²) in [5, 5.41) is 11.7. The average molecular weight is 338 g/mol. The van der Waals surface area contributed by atoms with Crippen LogP contribution in [0.1, 0.15) is 46.0 Å². The van der Waals surface area contributed by atoms with Gasteiger partial charge in [-0.05, 0) is 39.0 Å². The summed E-state index contributed by atoms with van der Waals surface area (Å²) in [5.74, 6) is -1.73. The number of methoxy groups -OCH3 is 2. The summed E-state index contributed by atoms with van der Waals surface area (Å²) in [6, 6.07) is 0. The lowest BCUT2D eigenvalue weighted by Crippen LogP contribution is -2.55. The fraction of sp³-hybridized carbons (Fsp3) is 0.684. The summed E-state index contributed by atoms with van der Waals surface area (Å²) < 4.78 is 9.88. The summed E-state index contributed by atoms with van der Waals surface area (Å²) in [7, 11) is 2.65. The number of carbonyl (C=O) groups is 2. The number of allylic oxidation sites excluding steroid dienone is 2. The van der Waals surface area contributed by atoms with Crippen LogP contribution in [-0.2, 0) is 19.1 Å². The molecule has 1 rings (SSSR count). The number of ether oxygens (including phenoxy) is 2. The molecule has 1 N–H and O–H groups in total. The van der Waals surface area contributed by atoms with Crippen LogP contribution in [0, 0.1) is 17.3 Å². The Kier molecular flexibility index (Phi) is 6.78. The van der Waals surface area contributed by atoms with Crippen molar-refractivity contribution in [2.45, 2.75) is 51.6 Å². The van der Waals surface area contributed by atoms with Crippen molar-refractivity contribution >= 4 is 11.9 Å². The monoisotopic (exact) mass is 338 g/mol. The Morgan fingerprint density at radius 2 is 2.00 bits per heavy atom. The van der Waals surface area contributed by atoms with Crippen LogP contribution in [0.5, 0.6) is 0 Å². The molecular formula is C19H30O5. The van der Waals surface area contributed by atoms with Gasteiger partial charge < -0.3 is 14.6 Å². The van der Waals surface area contributed by atoms with E-state index in [0.717, 1.165) is 5.57 Å². The van der Waals surface area contributed by atoms with E-state index in [1.54, 1.807) is 13.0 Å². The van der Waals surface area contributed by atoms with Crippen LogP contribution in [0.15, 0.2) is 24.8 Å². The van der Waals surface area contributed by atoms with E-state index in [9.17, 15) is 14.7 Å². The SMILES string of the molecule is C=CC[C@]1(C(=O)OC)CC[C@@H]([C@@H](C)C(=O)OC)[C@@]1(O)CCC(=C)C. The number of carbonyl (C=O) groups excluding carboxylic acids is 2. The molecule has 4 atom stereocenters. The normalized spacial score (nSPS) is 30.5. The molecule has 0 aromatic carbocycles. The van der Waals surface area contributed by atoms with Crippen LogP contribution in [0.3, 0.4) is 0 Å². The number of aliphatic hydroxyl groups is 1. The Morgan fingerprint density at radius 3 is 2.46 bits per heavy atom. The van der Waals surface area contributed by atoms with E-state index < -0.39 is 22.9 Å². The molecule has 5 nitrogen and oxygen atoms in total. The zero-order valence-corrected chi connectivity index (χ0v) is 15.3. The molecule has 1 fully saturated rings. The number of esters is 2. The molecule has 0 aromatic heterocycles. The second kappa shape index (κ2) is 7.97. The largest absolute Gasteiger partial charge is 0.469 e. The van der Waals surface area contributed by atoms with Crippen molar-refractivity contribution in [3.8, 4) is 0 Å². The van der Waals surface area contributed by atoms with E-state index in [4.69, 9.17) is 9.47 Å². The summed E-state index contributed by atoms with van der Waals surface area (Å²) in [6.45, 7) is 11.2. The van der Waals surface area contributed by atoms with E-state index in [-0.39, 0.29) is 11.9 Å². The molecule has 1 aliphatic carbocycles. The molecule has 0 aliphatic heterocycles. The second-order valence-electron chi connectivity index (χ2n) is 6.90. The van der Waals surface area contributed by atoms with Crippen LogP contribution < -0.4 is 0 Å². The molecule has 0 amide bonds. The molecular weight excluding hydrogens is 308 g/mol. The third-order valence-electron chi connectivity index (χ3n) is 5.50. The molecule has 5 heteroatoms. The molecule has 0 saturated heterocycles. The van der Waals surface area contributed by atoms with E-state index in [0.29, 0.717) is 32.1 Å². The zero-order chi connectivity index (χ0) is 18.5. The van der Waals surface area contributed by atoms with E-state index in [1.165, 1.54) is 14.2 Å². The number of rotatable bonds is 8. The molecule has 0 radical (unpaired) electrons. The third-order valence-corrected chi connectivity index (χ3v) is 5.50. The van der Waals surface area contributed by atoms with Gasteiger partial charge in [-0.15, -0.1) is 13.2 Å². The van der Waals surface area contributed by atoms with Crippen molar-refractivity contribution < 1.29 is 24.2 Å². The van der Waals surface area contributed by atoms with Crippen molar-refractivity contribution in [1.29, 1.82) is 0 Å². The predicted octanol–water partition coefficient (Wildman–Crippen LogP) is 3.03. The summed E-state index contributed by atoms with van der Waals surface area (Å²) >= 11 is 0. The van der Waals surface area contributed by atoms with Gasteiger partial charge >= 0.3 is 11.9 Å². The first-order valence-electron chi connectivity index (χ1n) is 8.34. The third kappa shape index (κ3) is 3.41. The Labute approximate surface area is 144 Å². The minimum absolute atomic E-state index is 0.302. The van der Waals surface area contributed by atoms with Gasteiger partial charge in [-0.2, -0.15) is 0 Å². The zero-order valence-electron chi connectivity index (χ0n) is 15.3. The molecule has 0 bridgehead atoms. The van der Waals surface area contributed by atoms with Crippen LogP contribution in [0.2, 0.25) is 0 Å². The Bertz CT molecular complexity index is 512. The standard InChI is InChI=1S/C19H30O5/c1-7-10-18(17(21)24-6)11-9-15(14(4)16(20)23-5)19(18,22)12-8-13(2)3/h7,14-15,22H,1-2,8-12H2,3-6H3/t14-,15+,18-,19+/m1/s1. The summed E-state index contributed by atoms with van der Waals surface area (Å²) in [5.41, 5.74) is -1.55. The highest BCUT2D eigenvalue weighted by atomic mass is 16.5. The summed E-state index contributed by atoms with van der Waals surface area (Å²) in [6.07, 6.45) is 3.84. The fourth-order valence-electron chi connectivity index (χ4n) is 4.14. The summed E-state index contributed by atoms with van der Waals surface area (Å²) in [4.78, 5) is 24.7. The molecule has 0 unspecified atom stereocenters. The van der Waals surface area contributed by atoms with Gasteiger partial charge in [0.15, 0.2) is 0 Å². The minimum Gasteiger partial charge on any atom is -0.469 e. The van der Waals surface area contributed by atoms with Crippen molar-refractivity contribution in [2.24, 2.45) is 17.3 Å². The molecule has 136 valence electrons. The molecule has 0 spiro atoms. The maximum atomic E-state index is 12.6. The maximum Gasteiger partial charge on any atom is 0.315 e. The van der Waals surface area contributed by atoms with Gasteiger partial charge in [0.2, 0.25) is 0 Å². The molecule has 0 heterocycles. The molecule has 24 heavy (non-hydrogen) atoms. The quantitative estimate of drug-likeness (QED) is 0.544. The lowest BCUT2D eigenvalue weighted by molar-refractivity contribution is -0.179. The van der Waals surface area contributed by atoms with Crippen molar-refractivity contribution in [1.82, 2.24) is 0 Å². The minimum atomic E-state index is -1.37. The fourth-order valence-corrected chi connectivity index (χ4v) is 4.14. The first kappa shape index (κ1) is 20.4. The Balaban J connectivity index is 3.37. The smallest absolute Gasteiger partial charge is 0.315 e. The topological polar surface area (TPSA) is 72.8 Å². The Morgan fingerprint density at radius 1 is 1.38 bits per heavy atom. The van der Waals surface area contributed by atoms with Gasteiger partial charge in [0.05, 0.1) is 25.7 Å². The predicted molar refractivity (Wildman–Crippen MR) is 92.2 cm³/mol. The number of hydrogen-bond acceptors (Lipinski definition) is 5. The molecule has 1 saturated carbocycles. The molecule has 1 aliphatic rings. The van der Waals surface area contributed by atoms with Gasteiger partial charge in [0.1, 0.15) is 5.41 Å². The van der Waals surface area contributed by atoms with Gasteiger partial charge in [-0.3, -0.25) is 9.59 Å². The van der Waals surface area contributed by atoms with Gasteiger partial charge in [-0.1, -0.05) is 18.6 Å². The lowest BCUT2D eigenvalue weighted by Gasteiger charge is -2.44. The van der Waals surface area contributed by atoms with Gasteiger partial charge in [0, 0.05) is 5.92 Å². The van der Waals surface area contributed by atoms with E-state index in [1.807, 2.05) is 6.92 Å². The van der Waals surface area contributed by atoms with Crippen LogP contribution in [0.25, 0.3) is 0 Å².